The number of fused-ring (bicyclic) bond motifs is 1. The minimum absolute atomic E-state index is 0.0807. The zero-order chi connectivity index (χ0) is 30.1. The van der Waals surface area contributed by atoms with E-state index >= 15 is 0 Å². The Morgan fingerprint density at radius 3 is 2.25 bits per heavy atom. The van der Waals surface area contributed by atoms with E-state index < -0.39 is 62.9 Å². The molecule has 2 bridgehead atoms. The van der Waals surface area contributed by atoms with Crippen molar-refractivity contribution in [2.24, 2.45) is 22.2 Å². The van der Waals surface area contributed by atoms with Gasteiger partial charge in [0.15, 0.2) is 22.8 Å². The van der Waals surface area contributed by atoms with E-state index in [0.29, 0.717) is 5.57 Å². The third kappa shape index (κ3) is 4.43. The van der Waals surface area contributed by atoms with E-state index in [2.05, 4.69) is 6.58 Å². The van der Waals surface area contributed by atoms with E-state index in [-0.39, 0.29) is 36.2 Å². The van der Waals surface area contributed by atoms with Gasteiger partial charge in [0.2, 0.25) is 0 Å². The number of aliphatic hydroxyl groups is 3. The molecule has 7 nitrogen and oxygen atoms in total. The van der Waals surface area contributed by atoms with Crippen LogP contribution in [0.3, 0.4) is 0 Å². The van der Waals surface area contributed by atoms with E-state index in [1.807, 2.05) is 0 Å². The van der Waals surface area contributed by atoms with Gasteiger partial charge in [-0.1, -0.05) is 68.5 Å². The van der Waals surface area contributed by atoms with Crippen molar-refractivity contribution in [3.8, 4) is 0 Å². The Balaban J connectivity index is 2.08. The average molecular weight is 551 g/mol. The molecule has 3 N–H and O–H groups in total. The molecular weight excluding hydrogens is 508 g/mol. The summed E-state index contributed by atoms with van der Waals surface area (Å²) in [6.45, 7) is 15.4. The summed E-state index contributed by atoms with van der Waals surface area (Å²) in [5.41, 5.74) is -6.45. The van der Waals surface area contributed by atoms with Crippen LogP contribution in [0.25, 0.3) is 0 Å². The molecule has 0 aromatic heterocycles. The molecule has 2 fully saturated rings. The Bertz CT molecular complexity index is 1300. The lowest BCUT2D eigenvalue weighted by Gasteiger charge is -2.58. The number of rotatable bonds is 8. The summed E-state index contributed by atoms with van der Waals surface area (Å²) in [5, 5.41) is 32.4. The van der Waals surface area contributed by atoms with E-state index in [1.54, 1.807) is 91.0 Å². The number of carbonyl (C=O) groups is 3. The maximum atomic E-state index is 15.0. The molecule has 4 rings (SSSR count). The molecule has 0 amide bonds. The van der Waals surface area contributed by atoms with Crippen LogP contribution < -0.4 is 0 Å². The summed E-state index contributed by atoms with van der Waals surface area (Å²) < 4.78 is 6.30. The molecule has 3 aliphatic rings. The van der Waals surface area contributed by atoms with Gasteiger partial charge < -0.3 is 20.1 Å². The van der Waals surface area contributed by atoms with Crippen molar-refractivity contribution < 1.29 is 34.4 Å². The monoisotopic (exact) mass is 550 g/mol. The maximum Gasteiger partial charge on any atom is 0.184 e. The van der Waals surface area contributed by atoms with E-state index in [1.165, 1.54) is 0 Å². The quantitative estimate of drug-likeness (QED) is 0.247. The zero-order valence-corrected chi connectivity index (χ0v) is 24.6. The van der Waals surface area contributed by atoms with Crippen LogP contribution in [0.5, 0.6) is 0 Å². The number of benzene rings is 1. The fraction of sp³-hybridized carbons (Fsp3) is 0.545. The first-order valence-electron chi connectivity index (χ1n) is 13.9. The van der Waals surface area contributed by atoms with Crippen LogP contribution in [0.4, 0.5) is 0 Å². The second-order valence-corrected chi connectivity index (χ2v) is 13.6. The third-order valence-corrected chi connectivity index (χ3v) is 9.22. The SMILES string of the molecule is C=C(C)C(O)CC1=C2O[C@@H](C(C)(C)O)C[C@]23C[C@@H](/C=C/C(C)(C)O)C(C)(C)[C@](C(=O)c2ccccc2)(C1=O)C3=O. The molecule has 1 saturated heterocycles. The van der Waals surface area contributed by atoms with Gasteiger partial charge in [0.1, 0.15) is 11.9 Å². The van der Waals surface area contributed by atoms with Gasteiger partial charge >= 0.3 is 0 Å². The van der Waals surface area contributed by atoms with Crippen molar-refractivity contribution in [3.05, 3.63) is 71.5 Å². The molecule has 1 aliphatic heterocycles. The Labute approximate surface area is 236 Å². The standard InChI is InChI=1S/C33H42O7/c1-19(2)23(34)16-22-26(36)33(25(35)20-12-10-9-11-13-20)28(37)32(18-24(31(7,8)39)40-27(22)32)17-21(30(33,5)6)14-15-29(3,4)38/h9-15,21,23-24,34,38-39H,1,16-18H2,2-8H3/b15-14+/t21-,23?,24-,32-,33-/m1/s1. The van der Waals surface area contributed by atoms with Gasteiger partial charge in [-0.2, -0.15) is 0 Å². The third-order valence-electron chi connectivity index (χ3n) is 9.22. The molecule has 1 spiro atoms. The largest absolute Gasteiger partial charge is 0.490 e. The van der Waals surface area contributed by atoms with Crippen molar-refractivity contribution in [2.45, 2.75) is 91.1 Å². The Morgan fingerprint density at radius 2 is 1.73 bits per heavy atom. The number of allylic oxidation sites excluding steroid dienone is 2. The Hall–Kier alpha value is -2.87. The zero-order valence-electron chi connectivity index (χ0n) is 24.6. The number of Topliss-reactive ketones (excluding diaryl/α,β-unsaturated/α-hetero) is 3. The molecule has 1 aromatic rings. The highest BCUT2D eigenvalue weighted by Crippen LogP contribution is 2.68. The number of aliphatic hydroxyl groups excluding tert-OH is 1. The van der Waals surface area contributed by atoms with Gasteiger partial charge in [0.05, 0.1) is 22.7 Å². The van der Waals surface area contributed by atoms with Crippen molar-refractivity contribution in [3.63, 3.8) is 0 Å². The molecule has 40 heavy (non-hydrogen) atoms. The van der Waals surface area contributed by atoms with E-state index in [9.17, 15) is 29.7 Å². The molecule has 1 unspecified atom stereocenters. The second-order valence-electron chi connectivity index (χ2n) is 13.6. The van der Waals surface area contributed by atoms with Crippen molar-refractivity contribution in [1.29, 1.82) is 0 Å². The summed E-state index contributed by atoms with van der Waals surface area (Å²) in [6, 6.07) is 8.34. The van der Waals surface area contributed by atoms with Gasteiger partial charge in [0, 0.05) is 24.0 Å². The van der Waals surface area contributed by atoms with Crippen LogP contribution in [-0.4, -0.2) is 56.1 Å². The Morgan fingerprint density at radius 1 is 1.12 bits per heavy atom. The van der Waals surface area contributed by atoms with Crippen LogP contribution >= 0.6 is 0 Å². The summed E-state index contributed by atoms with van der Waals surface area (Å²) in [7, 11) is 0. The van der Waals surface area contributed by atoms with Crippen LogP contribution in [-0.2, 0) is 14.3 Å². The molecule has 5 atom stereocenters. The number of hydrogen-bond acceptors (Lipinski definition) is 7. The lowest BCUT2D eigenvalue weighted by Crippen LogP contribution is -2.69. The fourth-order valence-corrected chi connectivity index (χ4v) is 6.73. The van der Waals surface area contributed by atoms with Gasteiger partial charge in [-0.15, -0.1) is 0 Å². The number of ether oxygens (including phenoxy) is 1. The first kappa shape index (κ1) is 30.1. The minimum Gasteiger partial charge on any atom is -0.490 e. The normalized spacial score (nSPS) is 30.8. The molecular formula is C33H42O7. The Kier molecular flexibility index (Phi) is 7.23. The average Bonchev–Trinajstić information content (AvgIpc) is 3.24. The van der Waals surface area contributed by atoms with Crippen LogP contribution in [0.2, 0.25) is 0 Å². The maximum absolute atomic E-state index is 15.0. The summed E-state index contributed by atoms with van der Waals surface area (Å²) in [4.78, 5) is 44.4. The predicted octanol–water partition coefficient (Wildman–Crippen LogP) is 4.51. The number of carbonyl (C=O) groups excluding carboxylic acids is 3. The summed E-state index contributed by atoms with van der Waals surface area (Å²) in [6.07, 6.45) is 1.65. The van der Waals surface area contributed by atoms with Crippen molar-refractivity contribution in [1.82, 2.24) is 0 Å². The van der Waals surface area contributed by atoms with Gasteiger partial charge in [-0.25, -0.2) is 0 Å². The van der Waals surface area contributed by atoms with Crippen LogP contribution in [0, 0.1) is 22.2 Å². The first-order chi connectivity index (χ1) is 18.3. The fourth-order valence-electron chi connectivity index (χ4n) is 6.73. The summed E-state index contributed by atoms with van der Waals surface area (Å²) >= 11 is 0. The second kappa shape index (κ2) is 9.61. The van der Waals surface area contributed by atoms with Crippen LogP contribution in [0.15, 0.2) is 66.0 Å². The van der Waals surface area contributed by atoms with Crippen molar-refractivity contribution in [2.75, 3.05) is 0 Å². The molecule has 7 heteroatoms. The van der Waals surface area contributed by atoms with E-state index in [0.717, 1.165) is 0 Å². The highest BCUT2D eigenvalue weighted by Gasteiger charge is 2.77. The van der Waals surface area contributed by atoms with Crippen LogP contribution in [0.1, 0.15) is 78.1 Å². The first-order valence-corrected chi connectivity index (χ1v) is 13.9. The highest BCUT2D eigenvalue weighted by molar-refractivity contribution is 6.36. The smallest absolute Gasteiger partial charge is 0.184 e. The molecule has 1 aromatic carbocycles. The lowest BCUT2D eigenvalue weighted by atomic mass is 9.39. The highest BCUT2D eigenvalue weighted by atomic mass is 16.5. The number of ketones is 3. The summed E-state index contributed by atoms with van der Waals surface area (Å²) in [5.74, 6) is -2.14. The molecule has 1 heterocycles. The van der Waals surface area contributed by atoms with Gasteiger partial charge in [0.25, 0.3) is 0 Å². The van der Waals surface area contributed by atoms with Gasteiger partial charge in [-0.3, -0.25) is 14.4 Å². The minimum atomic E-state index is -2.12. The predicted molar refractivity (Wildman–Crippen MR) is 151 cm³/mol. The van der Waals surface area contributed by atoms with Gasteiger partial charge in [-0.05, 0) is 52.4 Å². The molecule has 2 aliphatic carbocycles. The topological polar surface area (TPSA) is 121 Å². The molecule has 216 valence electrons. The van der Waals surface area contributed by atoms with E-state index in [4.69, 9.17) is 4.74 Å². The molecule has 1 saturated carbocycles. The lowest BCUT2D eigenvalue weighted by molar-refractivity contribution is -0.161. The molecule has 0 radical (unpaired) electrons. The number of hydrogen-bond donors (Lipinski definition) is 3. The van der Waals surface area contributed by atoms with Crippen molar-refractivity contribution >= 4 is 17.3 Å².